The van der Waals surface area contributed by atoms with Gasteiger partial charge in [-0.2, -0.15) is 0 Å². The number of benzene rings is 4. The van der Waals surface area contributed by atoms with Crippen LogP contribution in [0.5, 0.6) is 0 Å². The maximum atomic E-state index is 5.00. The second-order valence-electron chi connectivity index (χ2n) is 10.8. The number of aromatic nitrogens is 4. The number of aliphatic imine (C=N–C) groups is 1. The molecule has 0 N–H and O–H groups in total. The molecule has 0 fully saturated rings. The standard InChI is InChI=1S/C39H27N5S/c1-26-14-6-5-13-23-40-25-33-34(26)35-36(45-33)31-24-29(21-22-32(31)44(35)30-19-11-4-12-20-30)39-42-37(27-15-7-2-8-16-27)41-38(43-39)28-17-9-3-10-18-28/h2-22,24-25H,1,23H2/b13-5-,14-6-,40-25-. The van der Waals surface area contributed by atoms with Crippen molar-refractivity contribution in [1.82, 2.24) is 19.5 Å². The van der Waals surface area contributed by atoms with Gasteiger partial charge in [-0.3, -0.25) is 4.99 Å². The number of para-hydroxylation sites is 1. The minimum absolute atomic E-state index is 0.632. The van der Waals surface area contributed by atoms with Crippen molar-refractivity contribution in [1.29, 1.82) is 0 Å². The van der Waals surface area contributed by atoms with Gasteiger partial charge < -0.3 is 4.57 Å². The fraction of sp³-hybridized carbons (Fsp3) is 0.0256. The van der Waals surface area contributed by atoms with E-state index in [9.17, 15) is 0 Å². The number of allylic oxidation sites excluding steroid dienone is 4. The van der Waals surface area contributed by atoms with Crippen LogP contribution in [0.1, 0.15) is 10.4 Å². The molecule has 0 spiro atoms. The molecule has 1 aliphatic heterocycles. The van der Waals surface area contributed by atoms with Gasteiger partial charge in [0, 0.05) is 39.5 Å². The van der Waals surface area contributed by atoms with Gasteiger partial charge in [-0.1, -0.05) is 110 Å². The first-order valence-corrected chi connectivity index (χ1v) is 15.6. The molecule has 6 heteroatoms. The van der Waals surface area contributed by atoms with Crippen LogP contribution in [0.2, 0.25) is 0 Å². The molecule has 8 rings (SSSR count). The van der Waals surface area contributed by atoms with Gasteiger partial charge in [-0.05, 0) is 35.9 Å². The van der Waals surface area contributed by atoms with Gasteiger partial charge in [0.05, 0.1) is 27.2 Å². The van der Waals surface area contributed by atoms with Crippen molar-refractivity contribution >= 4 is 44.2 Å². The molecule has 214 valence electrons. The zero-order chi connectivity index (χ0) is 30.2. The van der Waals surface area contributed by atoms with E-state index in [0.29, 0.717) is 24.0 Å². The van der Waals surface area contributed by atoms with Crippen LogP contribution in [0, 0.1) is 0 Å². The van der Waals surface area contributed by atoms with Crippen molar-refractivity contribution in [2.45, 2.75) is 0 Å². The monoisotopic (exact) mass is 597 g/mol. The fourth-order valence-corrected chi connectivity index (χ4v) is 7.02. The molecule has 0 amide bonds. The van der Waals surface area contributed by atoms with Crippen molar-refractivity contribution in [2.24, 2.45) is 4.99 Å². The summed E-state index contributed by atoms with van der Waals surface area (Å²) in [5.74, 6) is 1.92. The van der Waals surface area contributed by atoms with Crippen LogP contribution < -0.4 is 0 Å². The Bertz CT molecular complexity index is 2230. The molecule has 0 aliphatic carbocycles. The third-order valence-corrected chi connectivity index (χ3v) is 9.02. The van der Waals surface area contributed by atoms with Crippen molar-refractivity contribution in [2.75, 3.05) is 6.54 Å². The van der Waals surface area contributed by atoms with Gasteiger partial charge in [0.1, 0.15) is 0 Å². The van der Waals surface area contributed by atoms with Gasteiger partial charge in [0.15, 0.2) is 17.5 Å². The Hall–Kier alpha value is -5.72. The third-order valence-electron chi connectivity index (χ3n) is 7.87. The minimum atomic E-state index is 0.632. The van der Waals surface area contributed by atoms with Gasteiger partial charge in [0.2, 0.25) is 0 Å². The van der Waals surface area contributed by atoms with Crippen LogP contribution >= 0.6 is 11.3 Å². The molecule has 0 saturated heterocycles. The topological polar surface area (TPSA) is 56.0 Å². The van der Waals surface area contributed by atoms with Crippen LogP contribution in [0.25, 0.3) is 66.5 Å². The number of rotatable bonds is 4. The molecular formula is C39H27N5S. The Labute approximate surface area is 264 Å². The summed E-state index contributed by atoms with van der Waals surface area (Å²) in [6.07, 6.45) is 10.2. The SMILES string of the molecule is C=C1/C=C\C=C/C/N=C\c2sc3c4cc(-c5nc(-c6ccccc6)nc(-c6ccccc6)n5)ccc4n(-c4ccccc4)c3c21. The van der Waals surface area contributed by atoms with Crippen LogP contribution in [0.15, 0.2) is 145 Å². The summed E-state index contributed by atoms with van der Waals surface area (Å²) in [6.45, 7) is 5.12. The smallest absolute Gasteiger partial charge is 0.164 e. The minimum Gasteiger partial charge on any atom is -0.308 e. The molecule has 7 aromatic rings. The molecule has 4 heterocycles. The summed E-state index contributed by atoms with van der Waals surface area (Å²) in [4.78, 5) is 20.7. The lowest BCUT2D eigenvalue weighted by Gasteiger charge is -2.11. The summed E-state index contributed by atoms with van der Waals surface area (Å²) in [5.41, 5.74) is 8.21. The summed E-state index contributed by atoms with van der Waals surface area (Å²) < 4.78 is 3.52. The zero-order valence-electron chi connectivity index (χ0n) is 24.3. The largest absolute Gasteiger partial charge is 0.308 e. The molecule has 45 heavy (non-hydrogen) atoms. The third kappa shape index (κ3) is 4.91. The molecule has 1 aliphatic rings. The fourth-order valence-electron chi connectivity index (χ4n) is 5.78. The average molecular weight is 598 g/mol. The molecule has 0 unspecified atom stereocenters. The van der Waals surface area contributed by atoms with Gasteiger partial charge in [0.25, 0.3) is 0 Å². The highest BCUT2D eigenvalue weighted by Gasteiger charge is 2.23. The zero-order valence-corrected chi connectivity index (χ0v) is 25.2. The van der Waals surface area contributed by atoms with E-state index in [2.05, 4.69) is 59.7 Å². The van der Waals surface area contributed by atoms with Gasteiger partial charge in [-0.15, -0.1) is 11.3 Å². The average Bonchev–Trinajstić information content (AvgIpc) is 3.62. The highest BCUT2D eigenvalue weighted by Crippen LogP contribution is 2.44. The first-order chi connectivity index (χ1) is 22.2. The van der Waals surface area contributed by atoms with E-state index in [0.717, 1.165) is 54.8 Å². The van der Waals surface area contributed by atoms with E-state index in [1.807, 2.05) is 91.2 Å². The van der Waals surface area contributed by atoms with E-state index in [-0.39, 0.29) is 0 Å². The van der Waals surface area contributed by atoms with E-state index >= 15 is 0 Å². The van der Waals surface area contributed by atoms with Gasteiger partial charge in [-0.25, -0.2) is 15.0 Å². The second kappa shape index (κ2) is 11.4. The van der Waals surface area contributed by atoms with Gasteiger partial charge >= 0.3 is 0 Å². The Morgan fingerprint density at radius 3 is 1.96 bits per heavy atom. The summed E-state index contributed by atoms with van der Waals surface area (Å²) >= 11 is 1.75. The molecular weight excluding hydrogens is 571 g/mol. The Morgan fingerprint density at radius 1 is 0.667 bits per heavy atom. The lowest BCUT2D eigenvalue weighted by molar-refractivity contribution is 1.07. The van der Waals surface area contributed by atoms with Crippen LogP contribution in [-0.4, -0.2) is 32.3 Å². The number of nitrogens with zero attached hydrogens (tertiary/aromatic N) is 5. The summed E-state index contributed by atoms with van der Waals surface area (Å²) in [7, 11) is 0. The molecule has 0 radical (unpaired) electrons. The molecule has 5 nitrogen and oxygen atoms in total. The molecule has 0 atom stereocenters. The van der Waals surface area contributed by atoms with E-state index < -0.39 is 0 Å². The number of thiophene rings is 1. The Balaban J connectivity index is 1.40. The lowest BCUT2D eigenvalue weighted by atomic mass is 10.1. The number of fused-ring (bicyclic) bond motifs is 5. The summed E-state index contributed by atoms with van der Waals surface area (Å²) in [6, 6.07) is 37.2. The van der Waals surface area contributed by atoms with Crippen molar-refractivity contribution < 1.29 is 0 Å². The number of hydrogen-bond donors (Lipinski definition) is 0. The lowest BCUT2D eigenvalue weighted by Crippen LogP contribution is -2.00. The molecule has 3 aromatic heterocycles. The predicted octanol–water partition coefficient (Wildman–Crippen LogP) is 9.59. The van der Waals surface area contributed by atoms with E-state index in [1.165, 1.54) is 4.70 Å². The number of hydrogen-bond acceptors (Lipinski definition) is 5. The quantitative estimate of drug-likeness (QED) is 0.203. The van der Waals surface area contributed by atoms with Crippen molar-refractivity contribution in [3.8, 4) is 39.9 Å². The highest BCUT2D eigenvalue weighted by molar-refractivity contribution is 7.22. The molecule has 0 saturated carbocycles. The highest BCUT2D eigenvalue weighted by atomic mass is 32.1. The van der Waals surface area contributed by atoms with Crippen molar-refractivity contribution in [3.63, 3.8) is 0 Å². The van der Waals surface area contributed by atoms with E-state index in [4.69, 9.17) is 19.9 Å². The maximum Gasteiger partial charge on any atom is 0.164 e. The summed E-state index contributed by atoms with van der Waals surface area (Å²) in [5, 5.41) is 1.13. The van der Waals surface area contributed by atoms with Crippen LogP contribution in [0.3, 0.4) is 0 Å². The first-order valence-electron chi connectivity index (χ1n) is 14.8. The molecule has 0 bridgehead atoms. The van der Waals surface area contributed by atoms with Crippen LogP contribution in [-0.2, 0) is 0 Å². The Morgan fingerprint density at radius 2 is 1.29 bits per heavy atom. The first kappa shape index (κ1) is 26.9. The molecule has 4 aromatic carbocycles. The Kier molecular flexibility index (Phi) is 6.81. The maximum absolute atomic E-state index is 5.00. The van der Waals surface area contributed by atoms with E-state index in [1.54, 1.807) is 11.3 Å². The van der Waals surface area contributed by atoms with Crippen molar-refractivity contribution in [3.05, 3.63) is 151 Å². The predicted molar refractivity (Wildman–Crippen MR) is 188 cm³/mol. The van der Waals surface area contributed by atoms with Crippen LogP contribution in [0.4, 0.5) is 0 Å². The second-order valence-corrected chi connectivity index (χ2v) is 11.8. The normalized spacial score (nSPS) is 15.2.